The molecular formula is C55H65NO15. The van der Waals surface area contributed by atoms with Crippen LogP contribution in [-0.4, -0.2) is 132 Å². The van der Waals surface area contributed by atoms with Gasteiger partial charge in [-0.25, -0.2) is 0 Å². The lowest BCUT2D eigenvalue weighted by molar-refractivity contribution is -0.380. The predicted octanol–water partition coefficient (Wildman–Crippen LogP) is 4.72. The van der Waals surface area contributed by atoms with Gasteiger partial charge in [0.25, 0.3) is 0 Å². The van der Waals surface area contributed by atoms with Crippen LogP contribution in [0.5, 0.6) is 0 Å². The summed E-state index contributed by atoms with van der Waals surface area (Å²) in [5, 5.41) is 46.4. The summed E-state index contributed by atoms with van der Waals surface area (Å²) < 4.78 is 66.8. The average Bonchev–Trinajstić information content (AvgIpc) is 3.39. The second kappa shape index (κ2) is 26.1. The standard InChI is InChI=1S/C55H65NO15/c1-35-48(63-30-38-20-10-4-11-21-38)51(64-31-39-22-12-5-13-23-39)52(65-32-40-24-14-6-15-25-40)55(67-35)71-50-44(56-36(2)58)53(66-33-41-26-16-7-17-27-41)69-43(34-62-29-37-18-8-3-9-19-37)49(50)70-54-47(61)46(60)45(59)42(28-57)68-54/h3-27,35,42-55,57,59-61H,28-34H2,1-2H3,(H,56,58)/t35-,42+,43+,44+,45-,46-,47+,48+,49+,50+,51+,52-,53-,54-,55+/m0/s1. The molecule has 5 aromatic carbocycles. The van der Waals surface area contributed by atoms with Crippen LogP contribution >= 0.6 is 0 Å². The molecule has 0 aliphatic carbocycles. The number of benzene rings is 5. The number of hydrogen-bond acceptors (Lipinski definition) is 15. The van der Waals surface area contributed by atoms with E-state index in [4.69, 9.17) is 47.4 Å². The third kappa shape index (κ3) is 14.2. The van der Waals surface area contributed by atoms with Crippen molar-refractivity contribution in [3.05, 3.63) is 179 Å². The molecule has 0 radical (unpaired) electrons. The second-order valence-electron chi connectivity index (χ2n) is 18.0. The van der Waals surface area contributed by atoms with Gasteiger partial charge in [0, 0.05) is 6.92 Å². The molecule has 3 fully saturated rings. The van der Waals surface area contributed by atoms with E-state index in [0.717, 1.165) is 27.8 Å². The molecule has 16 nitrogen and oxygen atoms in total. The molecule has 380 valence electrons. The molecule has 5 N–H and O–H groups in total. The van der Waals surface area contributed by atoms with Crippen molar-refractivity contribution in [2.75, 3.05) is 13.2 Å². The fraction of sp³-hybridized carbons (Fsp3) is 0.436. The van der Waals surface area contributed by atoms with E-state index in [0.29, 0.717) is 0 Å². The first kappa shape index (κ1) is 52.3. The summed E-state index contributed by atoms with van der Waals surface area (Å²) in [6, 6.07) is 46.9. The summed E-state index contributed by atoms with van der Waals surface area (Å²) in [6.45, 7) is 3.16. The first-order valence-electron chi connectivity index (χ1n) is 24.1. The van der Waals surface area contributed by atoms with Gasteiger partial charge >= 0.3 is 0 Å². The normalized spacial score (nSPS) is 30.9. The molecule has 3 aliphatic rings. The van der Waals surface area contributed by atoms with E-state index in [-0.39, 0.29) is 39.6 Å². The van der Waals surface area contributed by atoms with Crippen molar-refractivity contribution in [1.82, 2.24) is 5.32 Å². The summed E-state index contributed by atoms with van der Waals surface area (Å²) in [5.74, 6) is -0.459. The van der Waals surface area contributed by atoms with Crippen LogP contribution in [0, 0.1) is 0 Å². The van der Waals surface area contributed by atoms with Crippen molar-refractivity contribution in [3.63, 3.8) is 0 Å². The highest BCUT2D eigenvalue weighted by Gasteiger charge is 2.56. The summed E-state index contributed by atoms with van der Waals surface area (Å²) in [7, 11) is 0. The van der Waals surface area contributed by atoms with Gasteiger partial charge in [-0.15, -0.1) is 0 Å². The minimum absolute atomic E-state index is 0.0692. The second-order valence-corrected chi connectivity index (χ2v) is 18.0. The molecule has 71 heavy (non-hydrogen) atoms. The molecule has 0 spiro atoms. The van der Waals surface area contributed by atoms with Crippen molar-refractivity contribution in [2.24, 2.45) is 0 Å². The van der Waals surface area contributed by atoms with Crippen molar-refractivity contribution >= 4 is 5.91 Å². The molecule has 5 aromatic rings. The number of hydrogen-bond donors (Lipinski definition) is 5. The summed E-state index contributed by atoms with van der Waals surface area (Å²) >= 11 is 0. The number of aliphatic hydroxyl groups excluding tert-OH is 4. The fourth-order valence-corrected chi connectivity index (χ4v) is 8.98. The summed E-state index contributed by atoms with van der Waals surface area (Å²) in [6.07, 6.45) is -17.6. The van der Waals surface area contributed by atoms with Gasteiger partial charge in [-0.1, -0.05) is 152 Å². The first-order valence-corrected chi connectivity index (χ1v) is 24.1. The molecule has 3 aliphatic heterocycles. The van der Waals surface area contributed by atoms with E-state index in [9.17, 15) is 25.2 Å². The quantitative estimate of drug-likeness (QED) is 0.0638. The number of carbonyl (C=O) groups excluding carboxylic acids is 1. The number of carbonyl (C=O) groups is 1. The van der Waals surface area contributed by atoms with E-state index in [1.54, 1.807) is 0 Å². The highest BCUT2D eigenvalue weighted by Crippen LogP contribution is 2.37. The largest absolute Gasteiger partial charge is 0.394 e. The van der Waals surface area contributed by atoms with Crippen LogP contribution in [0.25, 0.3) is 0 Å². The third-order valence-corrected chi connectivity index (χ3v) is 12.7. The van der Waals surface area contributed by atoms with Crippen LogP contribution in [0.2, 0.25) is 0 Å². The summed E-state index contributed by atoms with van der Waals surface area (Å²) in [4.78, 5) is 13.4. The Labute approximate surface area is 414 Å². The monoisotopic (exact) mass is 979 g/mol. The lowest BCUT2D eigenvalue weighted by Gasteiger charge is -2.51. The molecule has 0 bridgehead atoms. The molecule has 1 amide bonds. The maximum absolute atomic E-state index is 13.4. The molecule has 15 atom stereocenters. The minimum Gasteiger partial charge on any atom is -0.394 e. The van der Waals surface area contributed by atoms with Gasteiger partial charge in [-0.05, 0) is 34.7 Å². The van der Waals surface area contributed by atoms with Crippen LogP contribution in [0.3, 0.4) is 0 Å². The highest BCUT2D eigenvalue weighted by atomic mass is 16.8. The van der Waals surface area contributed by atoms with Crippen molar-refractivity contribution < 1.29 is 72.6 Å². The Morgan fingerprint density at radius 3 is 1.41 bits per heavy atom. The molecular weight excluding hydrogens is 915 g/mol. The Balaban J connectivity index is 1.19. The van der Waals surface area contributed by atoms with Crippen LogP contribution in [0.1, 0.15) is 41.7 Å². The Morgan fingerprint density at radius 2 is 0.915 bits per heavy atom. The lowest BCUT2D eigenvalue weighted by atomic mass is 9.94. The van der Waals surface area contributed by atoms with Crippen LogP contribution in [0.15, 0.2) is 152 Å². The molecule has 8 rings (SSSR count). The molecule has 0 saturated carbocycles. The topological polar surface area (TPSA) is 202 Å². The Hall–Kier alpha value is -4.99. The zero-order valence-electron chi connectivity index (χ0n) is 39.8. The Morgan fingerprint density at radius 1 is 0.479 bits per heavy atom. The van der Waals surface area contributed by atoms with Gasteiger partial charge in [0.05, 0.1) is 52.4 Å². The SMILES string of the molecule is CC(=O)N[C@H]1[C@@H](OCc2ccccc2)O[C@H](COCc2ccccc2)[C@@H](O[C@@H]2O[C@H](CO)[C@H](O)[C@H](O)[C@H]2O)[C@@H]1O[C@H]1O[C@@H](C)[C@@H](OCc2ccccc2)[C@@H](OCc2ccccc2)[C@@H]1OCc1ccccc1. The van der Waals surface area contributed by atoms with Crippen LogP contribution < -0.4 is 5.32 Å². The number of aliphatic hydroxyl groups is 4. The maximum atomic E-state index is 13.4. The average molecular weight is 980 g/mol. The third-order valence-electron chi connectivity index (χ3n) is 12.7. The summed E-state index contributed by atoms with van der Waals surface area (Å²) in [5.41, 5.74) is 4.42. The van der Waals surface area contributed by atoms with Crippen LogP contribution in [0.4, 0.5) is 0 Å². The van der Waals surface area contributed by atoms with Crippen molar-refractivity contribution in [2.45, 2.75) is 139 Å². The first-order chi connectivity index (χ1) is 34.6. The Bertz CT molecular complexity index is 2300. The number of rotatable bonds is 22. The molecule has 3 saturated heterocycles. The lowest BCUT2D eigenvalue weighted by Crippen LogP contribution is -2.70. The van der Waals surface area contributed by atoms with Crippen molar-refractivity contribution in [1.29, 1.82) is 0 Å². The van der Waals surface area contributed by atoms with Gasteiger partial charge in [0.1, 0.15) is 67.1 Å². The molecule has 0 aromatic heterocycles. The van der Waals surface area contributed by atoms with Crippen molar-refractivity contribution in [3.8, 4) is 0 Å². The predicted molar refractivity (Wildman–Crippen MR) is 256 cm³/mol. The van der Waals surface area contributed by atoms with Gasteiger partial charge in [0.15, 0.2) is 18.9 Å². The van der Waals surface area contributed by atoms with E-state index in [2.05, 4.69) is 5.32 Å². The van der Waals surface area contributed by atoms with E-state index in [1.807, 2.05) is 159 Å². The van der Waals surface area contributed by atoms with Gasteiger partial charge in [-0.2, -0.15) is 0 Å². The molecule has 0 unspecified atom stereocenters. The van der Waals surface area contributed by atoms with E-state index in [1.165, 1.54) is 6.92 Å². The van der Waals surface area contributed by atoms with Gasteiger partial charge in [0.2, 0.25) is 5.91 Å². The molecule has 3 heterocycles. The van der Waals surface area contributed by atoms with Gasteiger partial charge < -0.3 is 73.1 Å². The minimum atomic E-state index is -1.81. The smallest absolute Gasteiger partial charge is 0.217 e. The molecule has 16 heteroatoms. The van der Waals surface area contributed by atoms with Crippen LogP contribution in [-0.2, 0) is 85.2 Å². The Kier molecular flexibility index (Phi) is 19.2. The number of nitrogens with one attached hydrogen (secondary N) is 1. The van der Waals surface area contributed by atoms with Gasteiger partial charge in [-0.3, -0.25) is 4.79 Å². The number of amides is 1. The number of ether oxygens (including phenoxy) is 10. The zero-order valence-corrected chi connectivity index (χ0v) is 39.8. The fourth-order valence-electron chi connectivity index (χ4n) is 8.98. The van der Waals surface area contributed by atoms with E-state index < -0.39 is 105 Å². The van der Waals surface area contributed by atoms with E-state index >= 15 is 0 Å². The maximum Gasteiger partial charge on any atom is 0.217 e. The highest BCUT2D eigenvalue weighted by molar-refractivity contribution is 5.73. The zero-order chi connectivity index (χ0) is 49.5.